The number of aromatic amines is 1. The Morgan fingerprint density at radius 3 is 2.64 bits per heavy atom. The predicted molar refractivity (Wildman–Crippen MR) is 127 cm³/mol. The monoisotopic (exact) mass is 447 g/mol. The molecular weight excluding hydrogens is 418 g/mol. The molecule has 1 saturated heterocycles. The first kappa shape index (κ1) is 21.5. The van der Waals surface area contributed by atoms with Crippen molar-refractivity contribution < 1.29 is 14.3 Å². The summed E-state index contributed by atoms with van der Waals surface area (Å²) in [6.45, 7) is 7.11. The topological polar surface area (TPSA) is 89.7 Å². The van der Waals surface area contributed by atoms with Gasteiger partial charge in [0.15, 0.2) is 0 Å². The van der Waals surface area contributed by atoms with Crippen molar-refractivity contribution in [2.24, 2.45) is 0 Å². The summed E-state index contributed by atoms with van der Waals surface area (Å²) in [5, 5.41) is 5.98. The first-order valence-corrected chi connectivity index (χ1v) is 11.5. The van der Waals surface area contributed by atoms with E-state index in [0.717, 1.165) is 72.6 Å². The van der Waals surface area contributed by atoms with Gasteiger partial charge in [-0.05, 0) is 53.9 Å². The second-order valence-corrected chi connectivity index (χ2v) is 8.58. The van der Waals surface area contributed by atoms with E-state index in [4.69, 9.17) is 4.74 Å². The molecule has 1 aromatic heterocycles. The second-order valence-electron chi connectivity index (χ2n) is 8.58. The van der Waals surface area contributed by atoms with Crippen LogP contribution in [-0.4, -0.2) is 72.6 Å². The van der Waals surface area contributed by atoms with E-state index in [9.17, 15) is 9.59 Å². The number of hydrazine groups is 1. The highest BCUT2D eigenvalue weighted by molar-refractivity contribution is 6.10. The number of piperazine rings is 1. The molecule has 2 aliphatic rings. The largest absolute Gasteiger partial charge is 0.492 e. The Bertz CT molecular complexity index is 1160. The van der Waals surface area contributed by atoms with Gasteiger partial charge in [0, 0.05) is 68.4 Å². The Kier molecular flexibility index (Phi) is 6.02. The van der Waals surface area contributed by atoms with Crippen molar-refractivity contribution in [2.75, 3.05) is 45.9 Å². The number of ether oxygens (including phenoxy) is 1. The number of carbonyl (C=O) groups excluding carboxylic acids is 2. The Balaban J connectivity index is 1.22. The quantitative estimate of drug-likeness (QED) is 0.539. The van der Waals surface area contributed by atoms with Gasteiger partial charge in [-0.3, -0.25) is 19.9 Å². The van der Waals surface area contributed by atoms with Gasteiger partial charge in [0.05, 0.1) is 0 Å². The molecule has 0 bridgehead atoms. The van der Waals surface area contributed by atoms with Crippen LogP contribution in [0.4, 0.5) is 0 Å². The minimum Gasteiger partial charge on any atom is -0.492 e. The van der Waals surface area contributed by atoms with Crippen molar-refractivity contribution in [3.63, 3.8) is 0 Å². The molecule has 0 saturated carbocycles. The van der Waals surface area contributed by atoms with Crippen LogP contribution >= 0.6 is 0 Å². The Labute approximate surface area is 192 Å². The lowest BCUT2D eigenvalue weighted by atomic mass is 10.0. The highest BCUT2D eigenvalue weighted by Gasteiger charge is 2.22. The lowest BCUT2D eigenvalue weighted by Crippen LogP contribution is -2.53. The number of nitrogens with zero attached hydrogens (tertiary/aromatic N) is 2. The van der Waals surface area contributed by atoms with Crippen molar-refractivity contribution in [3.05, 3.63) is 53.6 Å². The number of benzene rings is 2. The number of hydrogen-bond acceptors (Lipinski definition) is 5. The van der Waals surface area contributed by atoms with Crippen LogP contribution in [0.25, 0.3) is 22.2 Å². The standard InChI is InChI=1S/C25H29N5O3/c1-17(31)28-30-13-11-29(12-14-30)15-16-33-19-7-5-18(6-8-19)24-20-9-10-26-25(32)21-3-2-4-22(27-24)23(20)21/h2-8,27H,9-16H2,1H3,(H,26,32)(H,28,31). The summed E-state index contributed by atoms with van der Waals surface area (Å²) in [7, 11) is 0. The molecule has 0 aliphatic carbocycles. The van der Waals surface area contributed by atoms with Crippen molar-refractivity contribution in [2.45, 2.75) is 13.3 Å². The SMILES string of the molecule is CC(=O)NN1CCN(CCOc2ccc(-c3[nH]c4cccc5c4c3CCNC5=O)cc2)CC1. The molecule has 0 unspecified atom stereocenters. The normalized spacial score (nSPS) is 16.9. The minimum atomic E-state index is -0.0203. The van der Waals surface area contributed by atoms with Crippen LogP contribution < -0.4 is 15.5 Å². The first-order valence-electron chi connectivity index (χ1n) is 11.5. The van der Waals surface area contributed by atoms with E-state index in [1.165, 1.54) is 12.5 Å². The van der Waals surface area contributed by atoms with Crippen molar-refractivity contribution in [1.82, 2.24) is 25.6 Å². The number of amides is 2. The molecule has 2 amide bonds. The van der Waals surface area contributed by atoms with E-state index in [-0.39, 0.29) is 11.8 Å². The highest BCUT2D eigenvalue weighted by atomic mass is 16.5. The maximum absolute atomic E-state index is 12.4. The summed E-state index contributed by atoms with van der Waals surface area (Å²) >= 11 is 0. The Morgan fingerprint density at radius 2 is 1.88 bits per heavy atom. The molecule has 3 aromatic rings. The fraction of sp³-hybridized carbons (Fsp3) is 0.360. The van der Waals surface area contributed by atoms with Crippen molar-refractivity contribution in [3.8, 4) is 17.0 Å². The van der Waals surface area contributed by atoms with Crippen LogP contribution in [-0.2, 0) is 11.2 Å². The highest BCUT2D eigenvalue weighted by Crippen LogP contribution is 2.34. The summed E-state index contributed by atoms with van der Waals surface area (Å²) in [5.74, 6) is 0.813. The predicted octanol–water partition coefficient (Wildman–Crippen LogP) is 2.17. The summed E-state index contributed by atoms with van der Waals surface area (Å²) in [5.41, 5.74) is 7.92. The molecule has 3 N–H and O–H groups in total. The molecule has 8 heteroatoms. The smallest absolute Gasteiger partial charge is 0.251 e. The van der Waals surface area contributed by atoms with Gasteiger partial charge in [-0.2, -0.15) is 0 Å². The van der Waals surface area contributed by atoms with Crippen molar-refractivity contribution in [1.29, 1.82) is 0 Å². The molecule has 1 fully saturated rings. The second kappa shape index (κ2) is 9.25. The van der Waals surface area contributed by atoms with Crippen molar-refractivity contribution >= 4 is 22.7 Å². The molecule has 3 heterocycles. The molecule has 8 nitrogen and oxygen atoms in total. The first-order chi connectivity index (χ1) is 16.1. The van der Waals surface area contributed by atoms with Crippen LogP contribution in [0, 0.1) is 0 Å². The fourth-order valence-electron chi connectivity index (χ4n) is 4.71. The van der Waals surface area contributed by atoms with Crippen LogP contribution in [0.3, 0.4) is 0 Å². The zero-order valence-electron chi connectivity index (χ0n) is 18.8. The summed E-state index contributed by atoms with van der Waals surface area (Å²) in [6, 6.07) is 14.0. The molecule has 2 aromatic carbocycles. The molecule has 0 atom stereocenters. The van der Waals surface area contributed by atoms with E-state index < -0.39 is 0 Å². The average molecular weight is 448 g/mol. The molecule has 172 valence electrons. The lowest BCUT2D eigenvalue weighted by Gasteiger charge is -2.34. The minimum absolute atomic E-state index is 0.00910. The van der Waals surface area contributed by atoms with Gasteiger partial charge < -0.3 is 15.0 Å². The van der Waals surface area contributed by atoms with E-state index in [2.05, 4.69) is 32.8 Å². The van der Waals surface area contributed by atoms with E-state index >= 15 is 0 Å². The number of nitrogens with one attached hydrogen (secondary N) is 3. The van der Waals surface area contributed by atoms with E-state index in [1.54, 1.807) is 0 Å². The van der Waals surface area contributed by atoms with Crippen LogP contribution in [0.2, 0.25) is 0 Å². The van der Waals surface area contributed by atoms with Crippen LogP contribution in [0.5, 0.6) is 5.75 Å². The third-order valence-electron chi connectivity index (χ3n) is 6.34. The summed E-state index contributed by atoms with van der Waals surface area (Å²) < 4.78 is 5.98. The molecular formula is C25H29N5O3. The third-order valence-corrected chi connectivity index (χ3v) is 6.34. The Hall–Kier alpha value is -3.36. The van der Waals surface area contributed by atoms with E-state index in [1.807, 2.05) is 35.3 Å². The van der Waals surface area contributed by atoms with Gasteiger partial charge in [0.25, 0.3) is 5.91 Å². The zero-order valence-corrected chi connectivity index (χ0v) is 18.8. The number of carbonyl (C=O) groups is 2. The van der Waals surface area contributed by atoms with Gasteiger partial charge in [0.1, 0.15) is 12.4 Å². The zero-order chi connectivity index (χ0) is 22.8. The fourth-order valence-corrected chi connectivity index (χ4v) is 4.71. The van der Waals surface area contributed by atoms with Crippen LogP contribution in [0.1, 0.15) is 22.8 Å². The Morgan fingerprint density at radius 1 is 1.09 bits per heavy atom. The van der Waals surface area contributed by atoms with Gasteiger partial charge in [0.2, 0.25) is 5.91 Å². The lowest BCUT2D eigenvalue weighted by molar-refractivity contribution is -0.124. The summed E-state index contributed by atoms with van der Waals surface area (Å²) in [6.07, 6.45) is 0.797. The van der Waals surface area contributed by atoms with Gasteiger partial charge >= 0.3 is 0 Å². The number of hydrogen-bond donors (Lipinski definition) is 3. The van der Waals surface area contributed by atoms with E-state index in [0.29, 0.717) is 13.2 Å². The summed E-state index contributed by atoms with van der Waals surface area (Å²) in [4.78, 5) is 29.4. The molecule has 5 rings (SSSR count). The average Bonchev–Trinajstić information content (AvgIpc) is 3.10. The third kappa shape index (κ3) is 4.58. The maximum atomic E-state index is 12.4. The number of aromatic nitrogens is 1. The van der Waals surface area contributed by atoms with Gasteiger partial charge in [-0.1, -0.05) is 6.07 Å². The number of H-pyrrole nitrogens is 1. The van der Waals surface area contributed by atoms with Crippen LogP contribution in [0.15, 0.2) is 42.5 Å². The molecule has 0 spiro atoms. The van der Waals surface area contributed by atoms with Gasteiger partial charge in [-0.25, -0.2) is 5.01 Å². The molecule has 2 aliphatic heterocycles. The maximum Gasteiger partial charge on any atom is 0.251 e. The number of rotatable bonds is 6. The molecule has 0 radical (unpaired) electrons. The molecule has 33 heavy (non-hydrogen) atoms. The van der Waals surface area contributed by atoms with Gasteiger partial charge in [-0.15, -0.1) is 0 Å².